The third-order valence-electron chi connectivity index (χ3n) is 2.99. The molecule has 1 heterocycles. The number of hydrogen-bond acceptors (Lipinski definition) is 4. The van der Waals surface area contributed by atoms with Gasteiger partial charge in [-0.25, -0.2) is 0 Å². The number of amides is 2. The topological polar surface area (TPSA) is 69.6 Å². The number of thiophene rings is 1. The number of aliphatic hydroxyl groups is 1. The molecule has 0 atom stereocenters. The van der Waals surface area contributed by atoms with E-state index in [1.165, 1.54) is 11.3 Å². The molecule has 0 aromatic carbocycles. The molecule has 0 aliphatic carbocycles. The van der Waals surface area contributed by atoms with Crippen molar-refractivity contribution in [3.05, 3.63) is 22.4 Å². The van der Waals surface area contributed by atoms with Crippen LogP contribution in [0.15, 0.2) is 16.8 Å². The molecule has 0 aliphatic heterocycles. The molecule has 6 heteroatoms. The molecule has 1 aromatic rings. The molecule has 1 rings (SSSR count). The smallest absolute Gasteiger partial charge is 0.252 e. The molecule has 0 aliphatic rings. The van der Waals surface area contributed by atoms with Crippen molar-refractivity contribution in [1.29, 1.82) is 0 Å². The van der Waals surface area contributed by atoms with Gasteiger partial charge in [0.15, 0.2) is 0 Å². The number of carbonyl (C=O) groups is 2. The highest BCUT2D eigenvalue weighted by Gasteiger charge is 2.10. The number of hydrogen-bond donors (Lipinski definition) is 2. The van der Waals surface area contributed by atoms with E-state index in [-0.39, 0.29) is 18.4 Å². The molecule has 112 valence electrons. The molecule has 0 spiro atoms. The Kier molecular flexibility index (Phi) is 7.91. The lowest BCUT2D eigenvalue weighted by Gasteiger charge is -2.17. The van der Waals surface area contributed by atoms with Crippen LogP contribution < -0.4 is 5.32 Å². The first kappa shape index (κ1) is 16.7. The second kappa shape index (κ2) is 9.50. The second-order valence-electron chi connectivity index (χ2n) is 4.62. The van der Waals surface area contributed by atoms with Crippen LogP contribution in [-0.2, 0) is 4.79 Å². The van der Waals surface area contributed by atoms with Gasteiger partial charge in [0.05, 0.1) is 0 Å². The van der Waals surface area contributed by atoms with Crippen LogP contribution in [0.25, 0.3) is 0 Å². The largest absolute Gasteiger partial charge is 0.396 e. The highest BCUT2D eigenvalue weighted by atomic mass is 32.1. The maximum atomic E-state index is 11.8. The minimum atomic E-state index is -0.135. The van der Waals surface area contributed by atoms with Crippen molar-refractivity contribution in [2.75, 3.05) is 26.7 Å². The van der Waals surface area contributed by atoms with Crippen molar-refractivity contribution in [1.82, 2.24) is 10.2 Å². The number of aliphatic hydroxyl groups excluding tert-OH is 1. The summed E-state index contributed by atoms with van der Waals surface area (Å²) in [6, 6.07) is 1.76. The summed E-state index contributed by atoms with van der Waals surface area (Å²) in [7, 11) is 1.77. The van der Waals surface area contributed by atoms with E-state index in [2.05, 4.69) is 5.32 Å². The molecule has 5 nitrogen and oxygen atoms in total. The van der Waals surface area contributed by atoms with E-state index in [9.17, 15) is 9.59 Å². The van der Waals surface area contributed by atoms with Crippen molar-refractivity contribution in [2.45, 2.75) is 25.7 Å². The number of rotatable bonds is 9. The number of unbranched alkanes of at least 4 members (excludes halogenated alkanes) is 2. The molecule has 0 fully saturated rings. The SMILES string of the molecule is CN(CCCCCO)C(=O)CCNC(=O)c1ccsc1. The fourth-order valence-corrected chi connectivity index (χ4v) is 2.37. The van der Waals surface area contributed by atoms with Gasteiger partial charge in [0, 0.05) is 44.1 Å². The predicted molar refractivity (Wildman–Crippen MR) is 79.8 cm³/mol. The molecule has 2 amide bonds. The van der Waals surface area contributed by atoms with Crippen LogP contribution in [0.3, 0.4) is 0 Å². The zero-order valence-electron chi connectivity index (χ0n) is 11.8. The first-order valence-corrected chi connectivity index (χ1v) is 7.74. The summed E-state index contributed by atoms with van der Waals surface area (Å²) in [6.07, 6.45) is 2.90. The fourth-order valence-electron chi connectivity index (χ4n) is 1.73. The summed E-state index contributed by atoms with van der Waals surface area (Å²) < 4.78 is 0. The lowest BCUT2D eigenvalue weighted by Crippen LogP contribution is -2.32. The van der Waals surface area contributed by atoms with Gasteiger partial charge in [0.2, 0.25) is 5.91 Å². The lowest BCUT2D eigenvalue weighted by atomic mass is 10.2. The van der Waals surface area contributed by atoms with Gasteiger partial charge in [0.25, 0.3) is 5.91 Å². The van der Waals surface area contributed by atoms with Crippen molar-refractivity contribution >= 4 is 23.2 Å². The van der Waals surface area contributed by atoms with E-state index in [0.29, 0.717) is 25.1 Å². The molecule has 0 radical (unpaired) electrons. The van der Waals surface area contributed by atoms with Crippen LogP contribution in [0.1, 0.15) is 36.0 Å². The molecule has 0 saturated heterocycles. The molecule has 20 heavy (non-hydrogen) atoms. The van der Waals surface area contributed by atoms with E-state index in [4.69, 9.17) is 5.11 Å². The standard InChI is InChI=1S/C14H22N2O3S/c1-16(8-3-2-4-9-17)13(18)5-7-15-14(19)12-6-10-20-11-12/h6,10-11,17H,2-5,7-9H2,1H3,(H,15,19). The summed E-state index contributed by atoms with van der Waals surface area (Å²) in [5.74, 6) is -0.107. The van der Waals surface area contributed by atoms with Crippen LogP contribution >= 0.6 is 11.3 Å². The molecular formula is C14H22N2O3S. The van der Waals surface area contributed by atoms with Gasteiger partial charge in [0.1, 0.15) is 0 Å². The number of nitrogens with one attached hydrogen (secondary N) is 1. The van der Waals surface area contributed by atoms with E-state index in [1.54, 1.807) is 23.4 Å². The molecule has 0 unspecified atom stereocenters. The van der Waals surface area contributed by atoms with Gasteiger partial charge < -0.3 is 15.3 Å². The average Bonchev–Trinajstić information content (AvgIpc) is 2.97. The van der Waals surface area contributed by atoms with Crippen LogP contribution in [-0.4, -0.2) is 48.6 Å². The number of carbonyl (C=O) groups excluding carboxylic acids is 2. The Hall–Kier alpha value is -1.40. The van der Waals surface area contributed by atoms with Crippen molar-refractivity contribution in [3.63, 3.8) is 0 Å². The quantitative estimate of drug-likeness (QED) is 0.679. The second-order valence-corrected chi connectivity index (χ2v) is 5.40. The van der Waals surface area contributed by atoms with Crippen LogP contribution in [0.2, 0.25) is 0 Å². The highest BCUT2D eigenvalue weighted by Crippen LogP contribution is 2.05. The van der Waals surface area contributed by atoms with Crippen molar-refractivity contribution < 1.29 is 14.7 Å². The van der Waals surface area contributed by atoms with E-state index >= 15 is 0 Å². The Balaban J connectivity index is 2.14. The molecule has 2 N–H and O–H groups in total. The van der Waals surface area contributed by atoms with Gasteiger partial charge >= 0.3 is 0 Å². The summed E-state index contributed by atoms with van der Waals surface area (Å²) >= 11 is 1.47. The molecular weight excluding hydrogens is 276 g/mol. The van der Waals surface area contributed by atoms with Gasteiger partial charge in [-0.15, -0.1) is 0 Å². The Morgan fingerprint density at radius 1 is 1.35 bits per heavy atom. The predicted octanol–water partition coefficient (Wildman–Crippen LogP) is 1.49. The van der Waals surface area contributed by atoms with Gasteiger partial charge in [-0.3, -0.25) is 9.59 Å². The Morgan fingerprint density at radius 3 is 2.80 bits per heavy atom. The van der Waals surface area contributed by atoms with E-state index in [1.807, 2.05) is 5.38 Å². The van der Waals surface area contributed by atoms with Crippen molar-refractivity contribution in [3.8, 4) is 0 Å². The van der Waals surface area contributed by atoms with Gasteiger partial charge in [-0.05, 0) is 30.7 Å². The van der Waals surface area contributed by atoms with E-state index in [0.717, 1.165) is 19.3 Å². The zero-order chi connectivity index (χ0) is 14.8. The van der Waals surface area contributed by atoms with Crippen LogP contribution in [0.5, 0.6) is 0 Å². The van der Waals surface area contributed by atoms with Gasteiger partial charge in [-0.1, -0.05) is 0 Å². The first-order valence-electron chi connectivity index (χ1n) is 6.80. The molecule has 1 aromatic heterocycles. The first-order chi connectivity index (χ1) is 9.65. The zero-order valence-corrected chi connectivity index (χ0v) is 12.6. The monoisotopic (exact) mass is 298 g/mol. The minimum Gasteiger partial charge on any atom is -0.396 e. The summed E-state index contributed by atoms with van der Waals surface area (Å²) in [5.41, 5.74) is 0.639. The molecule has 0 bridgehead atoms. The molecule has 0 saturated carbocycles. The fraction of sp³-hybridized carbons (Fsp3) is 0.571. The van der Waals surface area contributed by atoms with Crippen LogP contribution in [0, 0.1) is 0 Å². The summed E-state index contributed by atoms with van der Waals surface area (Å²) in [5, 5.41) is 15.0. The van der Waals surface area contributed by atoms with Crippen LogP contribution in [0.4, 0.5) is 0 Å². The minimum absolute atomic E-state index is 0.0274. The summed E-state index contributed by atoms with van der Waals surface area (Å²) in [6.45, 7) is 1.25. The number of nitrogens with zero attached hydrogens (tertiary/aromatic N) is 1. The summed E-state index contributed by atoms with van der Waals surface area (Å²) in [4.78, 5) is 25.1. The lowest BCUT2D eigenvalue weighted by molar-refractivity contribution is -0.129. The maximum absolute atomic E-state index is 11.8. The Labute approximate surface area is 123 Å². The normalized spacial score (nSPS) is 10.3. The van der Waals surface area contributed by atoms with Crippen molar-refractivity contribution in [2.24, 2.45) is 0 Å². The third-order valence-corrected chi connectivity index (χ3v) is 3.67. The maximum Gasteiger partial charge on any atom is 0.252 e. The van der Waals surface area contributed by atoms with Gasteiger partial charge in [-0.2, -0.15) is 11.3 Å². The highest BCUT2D eigenvalue weighted by molar-refractivity contribution is 7.08. The Morgan fingerprint density at radius 2 is 2.15 bits per heavy atom. The third kappa shape index (κ3) is 6.16. The van der Waals surface area contributed by atoms with E-state index < -0.39 is 0 Å². The Bertz CT molecular complexity index is 407. The average molecular weight is 298 g/mol.